The predicted molar refractivity (Wildman–Crippen MR) is 96.9 cm³/mol. The van der Waals surface area contributed by atoms with E-state index in [0.717, 1.165) is 0 Å². The Morgan fingerprint density at radius 3 is 2.54 bits per heavy atom. The van der Waals surface area contributed by atoms with Gasteiger partial charge in [0.1, 0.15) is 0 Å². The fourth-order valence-electron chi connectivity index (χ4n) is 2.48. The molecule has 0 radical (unpaired) electrons. The van der Waals surface area contributed by atoms with Gasteiger partial charge in [-0.1, -0.05) is 0 Å². The number of nitrogens with zero attached hydrogens (tertiary/aromatic N) is 2. The summed E-state index contributed by atoms with van der Waals surface area (Å²) in [6.07, 6.45) is 1.47. The van der Waals surface area contributed by atoms with Gasteiger partial charge >= 0.3 is 154 Å². The molecule has 0 atom stereocenters. The van der Waals surface area contributed by atoms with Crippen LogP contribution in [0.3, 0.4) is 0 Å². The van der Waals surface area contributed by atoms with Gasteiger partial charge in [-0.2, -0.15) is 0 Å². The Hall–Kier alpha value is -2.62. The van der Waals surface area contributed by atoms with Gasteiger partial charge in [0.15, 0.2) is 0 Å². The van der Waals surface area contributed by atoms with E-state index in [2.05, 4.69) is 4.99 Å². The van der Waals surface area contributed by atoms with E-state index >= 15 is 0 Å². The van der Waals surface area contributed by atoms with Gasteiger partial charge in [-0.25, -0.2) is 0 Å². The van der Waals surface area contributed by atoms with Gasteiger partial charge in [0.25, 0.3) is 0 Å². The Labute approximate surface area is 154 Å². The molecule has 26 heavy (non-hydrogen) atoms. The third-order valence-corrected chi connectivity index (χ3v) is 7.70. The van der Waals surface area contributed by atoms with Crippen LogP contribution in [-0.2, 0) is 4.74 Å². The van der Waals surface area contributed by atoms with Crippen molar-refractivity contribution in [2.45, 2.75) is 9.88 Å². The number of rotatable bonds is 2. The van der Waals surface area contributed by atoms with Crippen LogP contribution in [0.2, 0.25) is 9.88 Å². The maximum atomic E-state index is 11.8. The normalized spacial score (nSPS) is 14.4. The number of nitro groups is 1. The number of aliphatic imine (C=N–C) groups is 1. The van der Waals surface area contributed by atoms with Gasteiger partial charge in [-0.15, -0.1) is 0 Å². The number of fused-ring (bicyclic) bond motifs is 2. The monoisotopic (exact) mass is 464 g/mol. The standard InChI is InChI=1S/C15H12N2O6.2CH3.Sn/c1-23-15(20)9-2-4-14(19)12(7-9)16-8-10-6-11(17(21)22)3-5-13(10)18;;;/h2-8,18-19H,1H3;2*1H3;/q;;;+2/p-2. The average molecular weight is 463 g/mol. The summed E-state index contributed by atoms with van der Waals surface area (Å²) in [7, 11) is 1.30. The predicted octanol–water partition coefficient (Wildman–Crippen LogP) is 3.61. The molecule has 1 heterocycles. The van der Waals surface area contributed by atoms with E-state index < -0.39 is 30.1 Å². The Kier molecular flexibility index (Phi) is 4.86. The molecule has 0 amide bonds. The summed E-state index contributed by atoms with van der Waals surface area (Å²) in [5.74, 6) is 0.496. The number of carbonyl (C=O) groups is 1. The molecule has 0 N–H and O–H groups in total. The van der Waals surface area contributed by atoms with Crippen molar-refractivity contribution < 1.29 is 20.6 Å². The summed E-state index contributed by atoms with van der Waals surface area (Å²) in [6, 6.07) is 9.14. The Bertz CT molecular complexity index is 925. The summed E-state index contributed by atoms with van der Waals surface area (Å²) in [6.45, 7) is 0. The van der Waals surface area contributed by atoms with Crippen molar-refractivity contribution in [2.24, 2.45) is 4.99 Å². The molecule has 0 saturated carbocycles. The summed E-state index contributed by atoms with van der Waals surface area (Å²) < 4.78 is 16.9. The minimum atomic E-state index is -3.49. The molecule has 0 saturated heterocycles. The van der Waals surface area contributed by atoms with Crippen LogP contribution in [0, 0.1) is 10.1 Å². The number of ether oxygens (including phenoxy) is 1. The van der Waals surface area contributed by atoms with Crippen molar-refractivity contribution in [3.05, 3.63) is 57.6 Å². The van der Waals surface area contributed by atoms with Gasteiger partial charge in [0, 0.05) is 0 Å². The zero-order valence-electron chi connectivity index (χ0n) is 14.4. The number of benzene rings is 2. The first-order valence-electron chi connectivity index (χ1n) is 7.72. The van der Waals surface area contributed by atoms with E-state index in [0.29, 0.717) is 28.3 Å². The van der Waals surface area contributed by atoms with Crippen LogP contribution in [0.1, 0.15) is 15.9 Å². The number of non-ortho nitro benzene ring substituents is 1. The molecule has 1 aliphatic heterocycles. The molecule has 2 aromatic rings. The third-order valence-electron chi connectivity index (χ3n) is 3.64. The van der Waals surface area contributed by atoms with Crippen LogP contribution >= 0.6 is 0 Å². The maximum absolute atomic E-state index is 11.8. The molecule has 2 aromatic carbocycles. The van der Waals surface area contributed by atoms with Gasteiger partial charge in [-0.3, -0.25) is 0 Å². The van der Waals surface area contributed by atoms with Gasteiger partial charge in [0.05, 0.1) is 0 Å². The first-order chi connectivity index (χ1) is 12.3. The van der Waals surface area contributed by atoms with E-state index in [4.69, 9.17) is 10.9 Å². The molecule has 134 valence electrons. The van der Waals surface area contributed by atoms with E-state index in [1.54, 1.807) is 24.3 Å². The topological polar surface area (TPSA) is 100 Å². The summed E-state index contributed by atoms with van der Waals surface area (Å²) in [5, 5.41) is 11.0. The zero-order valence-corrected chi connectivity index (χ0v) is 17.2. The fraction of sp³-hybridized carbons (Fsp3) is 0.176. The minimum absolute atomic E-state index is 0.0597. The number of esters is 1. The number of methoxy groups -OCH3 is 1. The van der Waals surface area contributed by atoms with Crippen molar-refractivity contribution in [3.63, 3.8) is 0 Å². The van der Waals surface area contributed by atoms with Crippen LogP contribution in [0.25, 0.3) is 0 Å². The summed E-state index contributed by atoms with van der Waals surface area (Å²) in [4.78, 5) is 30.5. The molecule has 1 aliphatic rings. The molecule has 0 bridgehead atoms. The zero-order chi connectivity index (χ0) is 18.9. The Morgan fingerprint density at radius 2 is 1.85 bits per heavy atom. The molecule has 0 aliphatic carbocycles. The van der Waals surface area contributed by atoms with Crippen molar-refractivity contribution in [1.29, 1.82) is 0 Å². The second-order valence-corrected chi connectivity index (χ2v) is 15.2. The van der Waals surface area contributed by atoms with Crippen molar-refractivity contribution in [1.82, 2.24) is 0 Å². The molecule has 3 rings (SSSR count). The van der Waals surface area contributed by atoms with E-state index in [-0.39, 0.29) is 5.69 Å². The van der Waals surface area contributed by atoms with E-state index in [1.165, 1.54) is 25.5 Å². The number of carbonyl (C=O) groups excluding carboxylic acids is 1. The Balaban J connectivity index is 2.14. The number of hydrogen-bond acceptors (Lipinski definition) is 7. The van der Waals surface area contributed by atoms with Crippen molar-refractivity contribution >= 4 is 42.8 Å². The average Bonchev–Trinajstić information content (AvgIpc) is 2.65. The van der Waals surface area contributed by atoms with Crippen molar-refractivity contribution in [3.8, 4) is 11.5 Å². The molecule has 0 unspecified atom stereocenters. The second kappa shape index (κ2) is 6.94. The van der Waals surface area contributed by atoms with E-state index in [1.807, 2.05) is 9.88 Å². The first kappa shape index (κ1) is 18.2. The first-order valence-corrected chi connectivity index (χ1v) is 15.8. The Morgan fingerprint density at radius 1 is 1.15 bits per heavy atom. The molecular weight excluding hydrogens is 447 g/mol. The van der Waals surface area contributed by atoms with Gasteiger partial charge in [-0.05, 0) is 0 Å². The molecule has 8 nitrogen and oxygen atoms in total. The SMILES string of the molecule is COC(=O)c1ccc2c(c1)N=Cc1cc([N+](=O)[O-])ccc1[O][Sn]([CH3])([CH3])[O]2. The molecule has 9 heteroatoms. The van der Waals surface area contributed by atoms with Crippen LogP contribution < -0.4 is 6.15 Å². The van der Waals surface area contributed by atoms with Gasteiger partial charge in [0.2, 0.25) is 0 Å². The summed E-state index contributed by atoms with van der Waals surface area (Å²) in [5.41, 5.74) is 1.18. The molecule has 0 aromatic heterocycles. The molecule has 0 spiro atoms. The number of hydrogen-bond donors (Lipinski definition) is 0. The quantitative estimate of drug-likeness (QED) is 0.292. The number of nitro benzene ring substituents is 1. The second-order valence-electron chi connectivity index (χ2n) is 6.02. The van der Waals surface area contributed by atoms with Crippen LogP contribution in [0.4, 0.5) is 11.4 Å². The van der Waals surface area contributed by atoms with Crippen LogP contribution in [0.5, 0.6) is 11.5 Å². The van der Waals surface area contributed by atoms with Crippen LogP contribution in [0.15, 0.2) is 41.4 Å². The molecule has 0 fully saturated rings. The van der Waals surface area contributed by atoms with Gasteiger partial charge < -0.3 is 0 Å². The molecular formula is C17H16N2O6Sn. The van der Waals surface area contributed by atoms with Crippen LogP contribution in [-0.4, -0.2) is 43.4 Å². The van der Waals surface area contributed by atoms with E-state index in [9.17, 15) is 14.9 Å². The van der Waals surface area contributed by atoms with Crippen molar-refractivity contribution in [2.75, 3.05) is 7.11 Å². The fourth-order valence-corrected chi connectivity index (χ4v) is 6.65. The third kappa shape index (κ3) is 3.79. The summed E-state index contributed by atoms with van der Waals surface area (Å²) >= 11 is -3.49.